The van der Waals surface area contributed by atoms with E-state index in [1.165, 1.54) is 46.0 Å². The number of nitrogens with zero attached hydrogens (tertiary/aromatic N) is 5. The molecule has 1 saturated heterocycles. The van der Waals surface area contributed by atoms with Gasteiger partial charge >= 0.3 is 0 Å². The Morgan fingerprint density at radius 3 is 2.51 bits per heavy atom. The average molecular weight is 573 g/mol. The standard InChI is InChI=1S/C25H25FN6O5S2/c1-15-3-11-19(12-4-15)39(35,36)28-23-21(30(2)29-37-23)14-31-20(24(34)32(25(31)38)18-9-10-18)13-22(33)27-17-7-5-16(26)6-8-17/h3-8,11-12,18,20H,9-10,13-14H2,1-2H3,(H,27,33)/b28-23-. The van der Waals surface area contributed by atoms with E-state index < -0.39 is 27.8 Å². The van der Waals surface area contributed by atoms with Gasteiger partial charge in [0.2, 0.25) is 5.91 Å². The van der Waals surface area contributed by atoms with Gasteiger partial charge in [-0.05, 0) is 68.4 Å². The molecule has 2 aliphatic rings. The zero-order valence-electron chi connectivity index (χ0n) is 21.1. The summed E-state index contributed by atoms with van der Waals surface area (Å²) in [6.45, 7) is 1.76. The molecule has 1 aromatic heterocycles. The fourth-order valence-corrected chi connectivity index (χ4v) is 5.61. The lowest BCUT2D eigenvalue weighted by Crippen LogP contribution is -2.45. The van der Waals surface area contributed by atoms with Crippen molar-refractivity contribution in [2.45, 2.75) is 49.7 Å². The number of benzene rings is 2. The fourth-order valence-electron chi connectivity index (χ4n) is 4.24. The molecule has 11 nitrogen and oxygen atoms in total. The Hall–Kier alpha value is -3.91. The molecule has 5 rings (SSSR count). The number of rotatable bonds is 8. The maximum Gasteiger partial charge on any atom is 0.289 e. The summed E-state index contributed by atoms with van der Waals surface area (Å²) in [6, 6.07) is 10.5. The van der Waals surface area contributed by atoms with Crippen molar-refractivity contribution in [3.05, 3.63) is 71.2 Å². The molecule has 2 amide bonds. The number of carbonyl (C=O) groups is 2. The molecule has 14 heteroatoms. The first-order valence-electron chi connectivity index (χ1n) is 12.1. The highest BCUT2D eigenvalue weighted by atomic mass is 32.2. The van der Waals surface area contributed by atoms with Gasteiger partial charge in [-0.1, -0.05) is 17.7 Å². The summed E-state index contributed by atoms with van der Waals surface area (Å²) in [5.74, 6) is -1.23. The van der Waals surface area contributed by atoms with Gasteiger partial charge in [-0.15, -0.1) is 4.40 Å². The summed E-state index contributed by atoms with van der Waals surface area (Å²) in [6.07, 6.45) is 1.36. The van der Waals surface area contributed by atoms with Crippen LogP contribution in [0.1, 0.15) is 30.5 Å². The molecule has 1 atom stereocenters. The molecule has 0 bridgehead atoms. The molecule has 0 radical (unpaired) electrons. The Morgan fingerprint density at radius 2 is 1.87 bits per heavy atom. The molecule has 1 aliphatic heterocycles. The Morgan fingerprint density at radius 1 is 1.21 bits per heavy atom. The molecule has 1 unspecified atom stereocenters. The van der Waals surface area contributed by atoms with E-state index in [0.29, 0.717) is 5.69 Å². The first kappa shape index (κ1) is 26.7. The van der Waals surface area contributed by atoms with Crippen LogP contribution in [0.2, 0.25) is 0 Å². The second kappa shape index (κ2) is 10.3. The number of amides is 2. The molecular formula is C25H25FN6O5S2. The second-order valence-electron chi connectivity index (χ2n) is 9.45. The van der Waals surface area contributed by atoms with E-state index in [2.05, 4.69) is 15.0 Å². The van der Waals surface area contributed by atoms with Gasteiger partial charge in [-0.2, -0.15) is 8.42 Å². The number of thiocarbonyl (C=S) groups is 1. The zero-order valence-corrected chi connectivity index (χ0v) is 22.7. The van der Waals surface area contributed by atoms with Crippen LogP contribution < -0.4 is 20.8 Å². The van der Waals surface area contributed by atoms with Gasteiger partial charge in [-0.25, -0.2) is 9.07 Å². The molecule has 1 N–H and O–H groups in total. The van der Waals surface area contributed by atoms with Crippen molar-refractivity contribution >= 4 is 44.9 Å². The van der Waals surface area contributed by atoms with Crippen LogP contribution in [0.3, 0.4) is 0 Å². The summed E-state index contributed by atoms with van der Waals surface area (Å²) in [4.78, 5) is 29.3. The quantitative estimate of drug-likeness (QED) is 0.316. The van der Waals surface area contributed by atoms with E-state index in [1.807, 2.05) is 6.92 Å². The molecule has 3 aromatic rings. The van der Waals surface area contributed by atoms with E-state index >= 15 is 0 Å². The summed E-state index contributed by atoms with van der Waals surface area (Å²) in [5.41, 5.74) is 1.27. The van der Waals surface area contributed by atoms with Crippen LogP contribution in [0.25, 0.3) is 0 Å². The van der Waals surface area contributed by atoms with Crippen LogP contribution in [-0.4, -0.2) is 47.2 Å². The summed E-state index contributed by atoms with van der Waals surface area (Å²) in [7, 11) is -2.58. The molecule has 1 aliphatic carbocycles. The van der Waals surface area contributed by atoms with Gasteiger partial charge < -0.3 is 14.7 Å². The normalized spacial score (nSPS) is 18.2. The average Bonchev–Trinajstić information content (AvgIpc) is 3.62. The van der Waals surface area contributed by atoms with Crippen molar-refractivity contribution in [3.8, 4) is 0 Å². The minimum atomic E-state index is -4.12. The third kappa shape index (κ3) is 5.61. The van der Waals surface area contributed by atoms with Gasteiger partial charge in [0.05, 0.1) is 11.3 Å². The van der Waals surface area contributed by atoms with Gasteiger partial charge in [0, 0.05) is 11.7 Å². The number of nitrogens with one attached hydrogen (secondary N) is 1. The van der Waals surface area contributed by atoms with E-state index in [-0.39, 0.29) is 46.2 Å². The van der Waals surface area contributed by atoms with Gasteiger partial charge in [-0.3, -0.25) is 19.8 Å². The lowest BCUT2D eigenvalue weighted by molar-refractivity contribution is -0.752. The number of hydrogen-bond donors (Lipinski definition) is 1. The first-order chi connectivity index (χ1) is 18.5. The minimum absolute atomic E-state index is 0.0137. The van der Waals surface area contributed by atoms with Crippen LogP contribution in [0.5, 0.6) is 0 Å². The Bertz CT molecular complexity index is 1610. The predicted octanol–water partition coefficient (Wildman–Crippen LogP) is 1.29. The maximum absolute atomic E-state index is 13.4. The van der Waals surface area contributed by atoms with Crippen molar-refractivity contribution in [2.75, 3.05) is 5.32 Å². The monoisotopic (exact) mass is 572 g/mol. The number of sulfonamides is 1. The number of aromatic nitrogens is 2. The lowest BCUT2D eigenvalue weighted by Gasteiger charge is -2.22. The highest BCUT2D eigenvalue weighted by Gasteiger charge is 2.49. The molecule has 2 heterocycles. The number of hydrogen-bond acceptors (Lipinski definition) is 6. The summed E-state index contributed by atoms with van der Waals surface area (Å²) < 4.78 is 49.5. The summed E-state index contributed by atoms with van der Waals surface area (Å²) in [5, 5.41) is 6.71. The van der Waals surface area contributed by atoms with Crippen molar-refractivity contribution in [2.24, 2.45) is 11.4 Å². The van der Waals surface area contributed by atoms with Crippen LogP contribution in [0.4, 0.5) is 10.1 Å². The van der Waals surface area contributed by atoms with Crippen LogP contribution >= 0.6 is 12.2 Å². The second-order valence-corrected chi connectivity index (χ2v) is 11.4. The largest absolute Gasteiger partial charge is 0.486 e. The molecular weight excluding hydrogens is 547 g/mol. The molecule has 1 saturated carbocycles. The molecule has 2 fully saturated rings. The van der Waals surface area contributed by atoms with Crippen LogP contribution in [0.15, 0.2) is 62.3 Å². The molecule has 0 spiro atoms. The SMILES string of the molecule is Cc1ccc(S(=O)(=O)/N=c2\o[n-][n+](C)c2CN2C(=S)N(C3CC3)C(=O)C2CC(=O)Nc2ccc(F)cc2)cc1. The smallest absolute Gasteiger partial charge is 0.289 e. The van der Waals surface area contributed by atoms with Crippen molar-refractivity contribution in [1.82, 2.24) is 15.1 Å². The van der Waals surface area contributed by atoms with Gasteiger partial charge in [0.1, 0.15) is 25.5 Å². The van der Waals surface area contributed by atoms with Crippen molar-refractivity contribution in [1.29, 1.82) is 0 Å². The van der Waals surface area contributed by atoms with E-state index in [1.54, 1.807) is 24.1 Å². The van der Waals surface area contributed by atoms with E-state index in [0.717, 1.165) is 18.4 Å². The Kier molecular flexibility index (Phi) is 7.07. The molecule has 39 heavy (non-hydrogen) atoms. The van der Waals surface area contributed by atoms with Gasteiger partial charge in [0.25, 0.3) is 27.2 Å². The van der Waals surface area contributed by atoms with E-state index in [4.69, 9.17) is 16.7 Å². The zero-order chi connectivity index (χ0) is 27.9. The predicted molar refractivity (Wildman–Crippen MR) is 139 cm³/mol. The number of halogens is 1. The number of carbonyl (C=O) groups excluding carboxylic acids is 2. The highest BCUT2D eigenvalue weighted by molar-refractivity contribution is 7.90. The maximum atomic E-state index is 13.4. The third-order valence-electron chi connectivity index (χ3n) is 6.50. The third-order valence-corrected chi connectivity index (χ3v) is 8.20. The van der Waals surface area contributed by atoms with Gasteiger partial charge in [0.15, 0.2) is 5.11 Å². The lowest BCUT2D eigenvalue weighted by atomic mass is 10.1. The van der Waals surface area contributed by atoms with Crippen LogP contribution in [0, 0.1) is 12.7 Å². The van der Waals surface area contributed by atoms with Crippen LogP contribution in [-0.2, 0) is 33.2 Å². The number of aryl methyl sites for hydroxylation is 2. The van der Waals surface area contributed by atoms with E-state index in [9.17, 15) is 22.4 Å². The minimum Gasteiger partial charge on any atom is -0.486 e. The molecule has 204 valence electrons. The highest BCUT2D eigenvalue weighted by Crippen LogP contribution is 2.34. The topological polar surface area (TPSA) is 130 Å². The van der Waals surface area contributed by atoms with Crippen molar-refractivity contribution in [3.63, 3.8) is 0 Å². The molecule has 2 aromatic carbocycles. The fraction of sp³-hybridized carbons (Fsp3) is 0.320. The Balaban J connectivity index is 1.43. The number of anilines is 1. The Labute approximate surface area is 228 Å². The van der Waals surface area contributed by atoms with Crippen molar-refractivity contribution < 1.29 is 31.6 Å². The first-order valence-corrected chi connectivity index (χ1v) is 14.0. The summed E-state index contributed by atoms with van der Waals surface area (Å²) >= 11 is 5.64.